The Hall–Kier alpha value is -2.58. The summed E-state index contributed by atoms with van der Waals surface area (Å²) in [5.74, 6) is 4.10. The number of pyridine rings is 2. The van der Waals surface area contributed by atoms with E-state index < -0.39 is 0 Å². The topological polar surface area (TPSA) is 65.3 Å². The van der Waals surface area contributed by atoms with E-state index in [1.54, 1.807) is 6.33 Å². The molecule has 0 spiro atoms. The van der Waals surface area contributed by atoms with Crippen molar-refractivity contribution in [3.63, 3.8) is 0 Å². The van der Waals surface area contributed by atoms with Crippen LogP contribution in [0.2, 0.25) is 0 Å². The van der Waals surface area contributed by atoms with E-state index in [0.29, 0.717) is 5.92 Å². The number of fused-ring (bicyclic) bond motifs is 2. The molecule has 0 atom stereocenters. The Bertz CT molecular complexity index is 1360. The summed E-state index contributed by atoms with van der Waals surface area (Å²) in [6, 6.07) is 2.95. The number of thioether (sulfide) groups is 1. The SMILES string of the molecule is Cc1c(N2CCC(N3CCSCC3)CC2)ncc2[nH]c(-c3cc(C)c4ncnn4c3)c(C(C)C)c12. The van der Waals surface area contributed by atoms with Crippen LogP contribution in [0.1, 0.15) is 49.3 Å². The zero-order valence-corrected chi connectivity index (χ0v) is 22.0. The van der Waals surface area contributed by atoms with E-state index in [1.165, 1.54) is 59.6 Å². The van der Waals surface area contributed by atoms with Crippen LogP contribution in [-0.2, 0) is 0 Å². The second-order valence-electron chi connectivity index (χ2n) is 10.4. The van der Waals surface area contributed by atoms with Crippen LogP contribution in [-0.4, -0.2) is 73.2 Å². The highest BCUT2D eigenvalue weighted by atomic mass is 32.2. The van der Waals surface area contributed by atoms with Crippen LogP contribution in [0.5, 0.6) is 0 Å². The first kappa shape index (κ1) is 22.9. The average molecular weight is 490 g/mol. The minimum Gasteiger partial charge on any atom is -0.356 e. The van der Waals surface area contributed by atoms with Crippen LogP contribution in [0.3, 0.4) is 0 Å². The third-order valence-corrected chi connectivity index (χ3v) is 8.79. The number of aryl methyl sites for hydroxylation is 2. The maximum atomic E-state index is 4.98. The van der Waals surface area contributed by atoms with Crippen molar-refractivity contribution in [2.45, 2.75) is 52.5 Å². The van der Waals surface area contributed by atoms with Crippen LogP contribution >= 0.6 is 11.8 Å². The summed E-state index contributed by atoms with van der Waals surface area (Å²) in [6.07, 6.45) is 8.21. The molecule has 6 rings (SSSR count). The van der Waals surface area contributed by atoms with Crippen LogP contribution in [0.4, 0.5) is 5.82 Å². The van der Waals surface area contributed by atoms with Gasteiger partial charge in [0.15, 0.2) is 5.65 Å². The number of nitrogens with zero attached hydrogens (tertiary/aromatic N) is 6. The lowest BCUT2D eigenvalue weighted by atomic mass is 9.94. The van der Waals surface area contributed by atoms with Crippen molar-refractivity contribution in [3.05, 3.63) is 41.5 Å². The van der Waals surface area contributed by atoms with Crippen LogP contribution < -0.4 is 4.90 Å². The molecule has 2 saturated heterocycles. The highest BCUT2D eigenvalue weighted by molar-refractivity contribution is 7.99. The molecule has 4 aromatic heterocycles. The molecule has 2 aliphatic heterocycles. The van der Waals surface area contributed by atoms with E-state index in [4.69, 9.17) is 4.98 Å². The highest BCUT2D eigenvalue weighted by Gasteiger charge is 2.28. The predicted molar refractivity (Wildman–Crippen MR) is 146 cm³/mol. The molecule has 6 heterocycles. The van der Waals surface area contributed by atoms with Gasteiger partial charge in [0, 0.05) is 66.4 Å². The first-order valence-electron chi connectivity index (χ1n) is 12.9. The van der Waals surface area contributed by atoms with Crippen LogP contribution in [0, 0.1) is 13.8 Å². The molecule has 2 aliphatic rings. The Morgan fingerprint density at radius 3 is 2.57 bits per heavy atom. The van der Waals surface area contributed by atoms with Crippen molar-refractivity contribution in [2.24, 2.45) is 0 Å². The van der Waals surface area contributed by atoms with Crippen molar-refractivity contribution >= 4 is 34.1 Å². The summed E-state index contributed by atoms with van der Waals surface area (Å²) in [5, 5.41) is 5.72. The first-order chi connectivity index (χ1) is 17.0. The van der Waals surface area contributed by atoms with Gasteiger partial charge < -0.3 is 9.88 Å². The summed E-state index contributed by atoms with van der Waals surface area (Å²) in [5.41, 5.74) is 8.10. The third-order valence-electron chi connectivity index (χ3n) is 7.85. The molecule has 0 saturated carbocycles. The number of piperidine rings is 1. The van der Waals surface area contributed by atoms with Gasteiger partial charge in [-0.1, -0.05) is 13.8 Å². The molecule has 0 unspecified atom stereocenters. The Balaban J connectivity index is 1.36. The molecule has 0 aliphatic carbocycles. The van der Waals surface area contributed by atoms with Gasteiger partial charge in [-0.15, -0.1) is 0 Å². The summed E-state index contributed by atoms with van der Waals surface area (Å²) in [6.45, 7) is 13.6. The smallest absolute Gasteiger partial charge is 0.158 e. The minimum atomic E-state index is 0.377. The molecule has 0 aromatic carbocycles. The number of H-pyrrole nitrogens is 1. The van der Waals surface area contributed by atoms with Gasteiger partial charge in [0.2, 0.25) is 0 Å². The van der Waals surface area contributed by atoms with E-state index >= 15 is 0 Å². The zero-order valence-electron chi connectivity index (χ0n) is 21.2. The lowest BCUT2D eigenvalue weighted by Gasteiger charge is -2.40. The zero-order chi connectivity index (χ0) is 24.1. The van der Waals surface area contributed by atoms with Gasteiger partial charge in [0.1, 0.15) is 12.1 Å². The third kappa shape index (κ3) is 4.00. The lowest BCUT2D eigenvalue weighted by Crippen LogP contribution is -2.48. The van der Waals surface area contributed by atoms with E-state index in [1.807, 2.05) is 10.7 Å². The molecule has 184 valence electrons. The van der Waals surface area contributed by atoms with Crippen LogP contribution in [0.25, 0.3) is 27.8 Å². The predicted octanol–water partition coefficient (Wildman–Crippen LogP) is 5.03. The summed E-state index contributed by atoms with van der Waals surface area (Å²) >= 11 is 2.10. The molecular weight excluding hydrogens is 454 g/mol. The Morgan fingerprint density at radius 2 is 1.83 bits per heavy atom. The number of anilines is 1. The molecule has 0 amide bonds. The number of rotatable bonds is 4. The Kier molecular flexibility index (Phi) is 5.96. The fourth-order valence-electron chi connectivity index (χ4n) is 6.11. The van der Waals surface area contributed by atoms with E-state index in [9.17, 15) is 0 Å². The van der Waals surface area contributed by atoms with Gasteiger partial charge in [0.05, 0.1) is 17.4 Å². The van der Waals surface area contributed by atoms with E-state index in [-0.39, 0.29) is 0 Å². The Labute approximate surface area is 211 Å². The maximum Gasteiger partial charge on any atom is 0.158 e. The van der Waals surface area contributed by atoms with Gasteiger partial charge >= 0.3 is 0 Å². The minimum absolute atomic E-state index is 0.377. The fourth-order valence-corrected chi connectivity index (χ4v) is 7.04. The molecule has 2 fully saturated rings. The van der Waals surface area contributed by atoms with E-state index in [0.717, 1.165) is 47.2 Å². The first-order valence-corrected chi connectivity index (χ1v) is 14.0. The summed E-state index contributed by atoms with van der Waals surface area (Å²) in [7, 11) is 0. The number of aromatic amines is 1. The average Bonchev–Trinajstić information content (AvgIpc) is 3.51. The van der Waals surface area contributed by atoms with Crippen molar-refractivity contribution in [1.29, 1.82) is 0 Å². The number of hydrogen-bond acceptors (Lipinski definition) is 6. The quantitative estimate of drug-likeness (QED) is 0.434. The fraction of sp³-hybridized carbons (Fsp3) is 0.519. The number of hydrogen-bond donors (Lipinski definition) is 1. The molecule has 8 heteroatoms. The molecule has 4 aromatic rings. The molecule has 1 N–H and O–H groups in total. The van der Waals surface area contributed by atoms with Gasteiger partial charge in [-0.05, 0) is 49.8 Å². The van der Waals surface area contributed by atoms with Crippen molar-refractivity contribution in [1.82, 2.24) is 29.5 Å². The standard InChI is InChI=1S/C27H35N7S/c1-17(2)23-24-19(4)27(33-7-5-21(6-8-33)32-9-11-35-12-10-32)28-14-22(24)31-25(23)20-13-18(3)26-29-16-30-34(26)15-20/h13-17,21,31H,5-12H2,1-4H3. The van der Waals surface area contributed by atoms with Crippen LogP contribution in [0.15, 0.2) is 24.8 Å². The van der Waals surface area contributed by atoms with Gasteiger partial charge in [-0.2, -0.15) is 16.9 Å². The second-order valence-corrected chi connectivity index (χ2v) is 11.6. The molecule has 0 radical (unpaired) electrons. The number of nitrogens with one attached hydrogen (secondary N) is 1. The highest BCUT2D eigenvalue weighted by Crippen LogP contribution is 2.40. The van der Waals surface area contributed by atoms with Crippen molar-refractivity contribution in [2.75, 3.05) is 42.6 Å². The Morgan fingerprint density at radius 1 is 1.06 bits per heavy atom. The van der Waals surface area contributed by atoms with Crippen molar-refractivity contribution in [3.8, 4) is 11.3 Å². The normalized spacial score (nSPS) is 18.4. The molecule has 7 nitrogen and oxygen atoms in total. The largest absolute Gasteiger partial charge is 0.356 e. The molecule has 35 heavy (non-hydrogen) atoms. The number of aromatic nitrogens is 5. The van der Waals surface area contributed by atoms with Gasteiger partial charge in [-0.25, -0.2) is 14.5 Å². The molecule has 0 bridgehead atoms. The van der Waals surface area contributed by atoms with Crippen molar-refractivity contribution < 1.29 is 0 Å². The van der Waals surface area contributed by atoms with E-state index in [2.05, 4.69) is 76.6 Å². The second kappa shape index (κ2) is 9.13. The summed E-state index contributed by atoms with van der Waals surface area (Å²) < 4.78 is 1.88. The molecular formula is C27H35N7S. The summed E-state index contributed by atoms with van der Waals surface area (Å²) in [4.78, 5) is 18.3. The lowest BCUT2D eigenvalue weighted by molar-refractivity contribution is 0.185. The monoisotopic (exact) mass is 489 g/mol. The van der Waals surface area contributed by atoms with Gasteiger partial charge in [-0.3, -0.25) is 4.90 Å². The maximum absolute atomic E-state index is 4.98. The van der Waals surface area contributed by atoms with Gasteiger partial charge in [0.25, 0.3) is 0 Å².